The first-order valence-electron chi connectivity index (χ1n) is 3.38. The molecule has 1 unspecified atom stereocenters. The molecule has 0 rings (SSSR count). The lowest BCUT2D eigenvalue weighted by molar-refractivity contribution is -0.113. The van der Waals surface area contributed by atoms with Crippen LogP contribution in [0.5, 0.6) is 0 Å². The van der Waals surface area contributed by atoms with Gasteiger partial charge in [-0.25, -0.2) is 0 Å². The first-order valence-corrected chi connectivity index (χ1v) is 3.38. The number of aliphatic hydroxyl groups excluding tert-OH is 1. The van der Waals surface area contributed by atoms with Crippen LogP contribution in [0.1, 0.15) is 13.8 Å². The number of aldehydes is 1. The van der Waals surface area contributed by atoms with Crippen LogP contribution in [-0.2, 0) is 9.53 Å². The fraction of sp³-hybridized carbons (Fsp3) is 0.857. The smallest absolute Gasteiger partial charge is 0.145 e. The van der Waals surface area contributed by atoms with Crippen LogP contribution in [0.3, 0.4) is 0 Å². The Balaban J connectivity index is 3.21. The molecule has 0 aromatic heterocycles. The fourth-order valence-corrected chi connectivity index (χ4v) is 0.429. The Hall–Kier alpha value is -0.410. The standard InChI is InChI=1S/C7H14O3/c1-6(2)7(9)5-10-4-3-8/h3,6-7,9H,4-5H2,1-2H3. The summed E-state index contributed by atoms with van der Waals surface area (Å²) in [5, 5.41) is 9.11. The van der Waals surface area contributed by atoms with Crippen molar-refractivity contribution >= 4 is 6.29 Å². The Kier molecular flexibility index (Phi) is 5.16. The predicted molar refractivity (Wildman–Crippen MR) is 37.7 cm³/mol. The van der Waals surface area contributed by atoms with E-state index in [9.17, 15) is 4.79 Å². The number of ether oxygens (including phenoxy) is 1. The van der Waals surface area contributed by atoms with Crippen molar-refractivity contribution in [1.29, 1.82) is 0 Å². The monoisotopic (exact) mass is 146 g/mol. The van der Waals surface area contributed by atoms with Gasteiger partial charge in [-0.05, 0) is 5.92 Å². The highest BCUT2D eigenvalue weighted by Crippen LogP contribution is 2.00. The second-order valence-corrected chi connectivity index (χ2v) is 2.52. The molecule has 0 aliphatic rings. The number of carbonyl (C=O) groups is 1. The van der Waals surface area contributed by atoms with Crippen LogP contribution < -0.4 is 0 Å². The SMILES string of the molecule is CC(C)C(O)COCC=O. The maximum absolute atomic E-state index is 9.75. The lowest BCUT2D eigenvalue weighted by atomic mass is 10.1. The highest BCUT2D eigenvalue weighted by Gasteiger charge is 2.07. The zero-order valence-electron chi connectivity index (χ0n) is 6.41. The van der Waals surface area contributed by atoms with Gasteiger partial charge in [-0.15, -0.1) is 0 Å². The molecule has 0 bridgehead atoms. The summed E-state index contributed by atoms with van der Waals surface area (Å²) < 4.78 is 4.79. The molecule has 0 aromatic carbocycles. The van der Waals surface area contributed by atoms with E-state index in [1.165, 1.54) is 0 Å². The lowest BCUT2D eigenvalue weighted by Gasteiger charge is -2.12. The summed E-state index contributed by atoms with van der Waals surface area (Å²) in [6.07, 6.45) is 0.215. The first-order chi connectivity index (χ1) is 4.68. The first kappa shape index (κ1) is 9.59. The van der Waals surface area contributed by atoms with Crippen molar-refractivity contribution < 1.29 is 14.6 Å². The largest absolute Gasteiger partial charge is 0.390 e. The van der Waals surface area contributed by atoms with E-state index in [1.54, 1.807) is 0 Å². The third-order valence-electron chi connectivity index (χ3n) is 1.24. The van der Waals surface area contributed by atoms with Crippen LogP contribution in [0, 0.1) is 5.92 Å². The van der Waals surface area contributed by atoms with Gasteiger partial charge < -0.3 is 14.6 Å². The summed E-state index contributed by atoms with van der Waals surface area (Å²) in [6, 6.07) is 0. The number of hydrogen-bond donors (Lipinski definition) is 1. The molecule has 3 nitrogen and oxygen atoms in total. The Morgan fingerprint density at radius 2 is 2.20 bits per heavy atom. The van der Waals surface area contributed by atoms with Crippen LogP contribution in [0.2, 0.25) is 0 Å². The quantitative estimate of drug-likeness (QED) is 0.446. The average molecular weight is 146 g/mol. The van der Waals surface area contributed by atoms with E-state index in [4.69, 9.17) is 9.84 Å². The van der Waals surface area contributed by atoms with Crippen LogP contribution in [0.15, 0.2) is 0 Å². The van der Waals surface area contributed by atoms with Crippen LogP contribution >= 0.6 is 0 Å². The van der Waals surface area contributed by atoms with Crippen molar-refractivity contribution in [2.24, 2.45) is 5.92 Å². The molecule has 0 radical (unpaired) electrons. The van der Waals surface area contributed by atoms with E-state index < -0.39 is 6.10 Å². The molecule has 10 heavy (non-hydrogen) atoms. The summed E-state index contributed by atoms with van der Waals surface area (Å²) in [6.45, 7) is 4.12. The molecule has 1 N–H and O–H groups in total. The number of hydrogen-bond acceptors (Lipinski definition) is 3. The topological polar surface area (TPSA) is 46.5 Å². The molecule has 0 saturated carbocycles. The third kappa shape index (κ3) is 4.47. The second-order valence-electron chi connectivity index (χ2n) is 2.52. The fourth-order valence-electron chi connectivity index (χ4n) is 0.429. The Labute approximate surface area is 61.0 Å². The lowest BCUT2D eigenvalue weighted by Crippen LogP contribution is -2.21. The molecule has 0 fully saturated rings. The van der Waals surface area contributed by atoms with Gasteiger partial charge in [0.1, 0.15) is 12.9 Å². The van der Waals surface area contributed by atoms with Crippen LogP contribution in [0.4, 0.5) is 0 Å². The number of aliphatic hydroxyl groups is 1. The summed E-state index contributed by atoms with van der Waals surface area (Å²) in [5.74, 6) is 0.187. The molecule has 0 amide bonds. The van der Waals surface area contributed by atoms with Crippen LogP contribution in [-0.4, -0.2) is 30.7 Å². The van der Waals surface area contributed by atoms with E-state index in [0.29, 0.717) is 6.29 Å². The molecule has 1 atom stereocenters. The van der Waals surface area contributed by atoms with Crippen molar-refractivity contribution in [3.8, 4) is 0 Å². The van der Waals surface area contributed by atoms with E-state index in [-0.39, 0.29) is 19.1 Å². The van der Waals surface area contributed by atoms with Crippen molar-refractivity contribution in [3.63, 3.8) is 0 Å². The Morgan fingerprint density at radius 1 is 1.60 bits per heavy atom. The van der Waals surface area contributed by atoms with Crippen molar-refractivity contribution in [2.75, 3.05) is 13.2 Å². The van der Waals surface area contributed by atoms with E-state index >= 15 is 0 Å². The molecule has 60 valence electrons. The second kappa shape index (κ2) is 5.38. The highest BCUT2D eigenvalue weighted by atomic mass is 16.5. The van der Waals surface area contributed by atoms with Crippen LogP contribution in [0.25, 0.3) is 0 Å². The minimum Gasteiger partial charge on any atom is -0.390 e. The van der Waals surface area contributed by atoms with Gasteiger partial charge in [-0.2, -0.15) is 0 Å². The van der Waals surface area contributed by atoms with Gasteiger partial charge in [0.25, 0.3) is 0 Å². The Morgan fingerprint density at radius 3 is 2.60 bits per heavy atom. The van der Waals surface area contributed by atoms with Crippen molar-refractivity contribution in [2.45, 2.75) is 20.0 Å². The molecule has 3 heteroatoms. The highest BCUT2D eigenvalue weighted by molar-refractivity contribution is 5.50. The van der Waals surface area contributed by atoms with Gasteiger partial charge in [0, 0.05) is 0 Å². The molecule has 0 heterocycles. The molecular formula is C7H14O3. The molecule has 0 saturated heterocycles. The molecular weight excluding hydrogens is 132 g/mol. The summed E-state index contributed by atoms with van der Waals surface area (Å²) in [5.41, 5.74) is 0. The Bertz CT molecular complexity index is 90.9. The maximum atomic E-state index is 9.75. The zero-order chi connectivity index (χ0) is 7.98. The maximum Gasteiger partial charge on any atom is 0.145 e. The summed E-state index contributed by atoms with van der Waals surface area (Å²) in [4.78, 5) is 9.75. The average Bonchev–Trinajstić information content (AvgIpc) is 1.88. The predicted octanol–water partition coefficient (Wildman–Crippen LogP) is 0.219. The van der Waals surface area contributed by atoms with Gasteiger partial charge in [0.05, 0.1) is 12.7 Å². The van der Waals surface area contributed by atoms with E-state index in [0.717, 1.165) is 0 Å². The van der Waals surface area contributed by atoms with Crippen molar-refractivity contribution in [1.82, 2.24) is 0 Å². The summed E-state index contributed by atoms with van der Waals surface area (Å²) in [7, 11) is 0. The molecule has 0 aliphatic heterocycles. The van der Waals surface area contributed by atoms with Gasteiger partial charge in [0.15, 0.2) is 0 Å². The van der Waals surface area contributed by atoms with Crippen molar-refractivity contribution in [3.05, 3.63) is 0 Å². The minimum atomic E-state index is -0.458. The van der Waals surface area contributed by atoms with Gasteiger partial charge in [-0.1, -0.05) is 13.8 Å². The van der Waals surface area contributed by atoms with Gasteiger partial charge >= 0.3 is 0 Å². The molecule has 0 spiro atoms. The minimum absolute atomic E-state index is 0.0732. The normalized spacial score (nSPS) is 13.6. The zero-order valence-corrected chi connectivity index (χ0v) is 6.41. The summed E-state index contributed by atoms with van der Waals surface area (Å²) >= 11 is 0. The molecule has 0 aliphatic carbocycles. The van der Waals surface area contributed by atoms with E-state index in [1.807, 2.05) is 13.8 Å². The van der Waals surface area contributed by atoms with E-state index in [2.05, 4.69) is 0 Å². The third-order valence-corrected chi connectivity index (χ3v) is 1.24. The number of carbonyl (C=O) groups excluding carboxylic acids is 1. The van der Waals surface area contributed by atoms with Gasteiger partial charge in [0.2, 0.25) is 0 Å². The molecule has 0 aromatic rings. The number of rotatable bonds is 5. The van der Waals surface area contributed by atoms with Gasteiger partial charge in [-0.3, -0.25) is 0 Å².